The smallest absolute Gasteiger partial charge is 0.0169 e. The molecule has 1 aromatic rings. The molecular formula is C14H13BrNY-. The van der Waals surface area contributed by atoms with Crippen LogP contribution < -0.4 is 0 Å². The van der Waals surface area contributed by atoms with E-state index in [-0.39, 0.29) is 32.7 Å². The second-order valence-corrected chi connectivity index (χ2v) is 4.40. The second kappa shape index (κ2) is 6.68. The van der Waals surface area contributed by atoms with Crippen LogP contribution in [0.15, 0.2) is 53.2 Å². The monoisotopic (exact) mass is 363 g/mol. The first kappa shape index (κ1) is 14.9. The average molecular weight is 364 g/mol. The van der Waals surface area contributed by atoms with E-state index in [0.717, 1.165) is 28.0 Å². The Morgan fingerprint density at radius 1 is 1.35 bits per heavy atom. The fraction of sp³-hybridized carbons (Fsp3) is 0.143. The normalized spacial score (nSPS) is 14.4. The van der Waals surface area contributed by atoms with Crippen molar-refractivity contribution in [3.05, 3.63) is 64.8 Å². The summed E-state index contributed by atoms with van der Waals surface area (Å²) in [6.07, 6.45) is 7.17. The van der Waals surface area contributed by atoms with Crippen LogP contribution in [-0.4, -0.2) is 11.4 Å². The molecule has 1 radical (unpaired) electrons. The van der Waals surface area contributed by atoms with Crippen LogP contribution in [0, 0.1) is 6.08 Å². The largest absolute Gasteiger partial charge is 0.376 e. The van der Waals surface area contributed by atoms with Crippen molar-refractivity contribution in [1.82, 2.24) is 4.90 Å². The predicted octanol–water partition coefficient (Wildman–Crippen LogP) is 4.00. The van der Waals surface area contributed by atoms with Crippen LogP contribution in [0.4, 0.5) is 0 Å². The van der Waals surface area contributed by atoms with Gasteiger partial charge in [0.15, 0.2) is 0 Å². The molecule has 1 aromatic carbocycles. The molecular weight excluding hydrogens is 351 g/mol. The SMILES string of the molecule is C=C1C=C[C-]=C(c2ccccc2Br)N1CC.[Y]. The minimum absolute atomic E-state index is 0. The van der Waals surface area contributed by atoms with Gasteiger partial charge in [-0.05, 0) is 17.1 Å². The van der Waals surface area contributed by atoms with Gasteiger partial charge in [-0.25, -0.2) is 0 Å². The predicted molar refractivity (Wildman–Crippen MR) is 71.5 cm³/mol. The number of rotatable bonds is 2. The van der Waals surface area contributed by atoms with Crippen molar-refractivity contribution >= 4 is 21.6 Å². The second-order valence-electron chi connectivity index (χ2n) is 3.54. The van der Waals surface area contributed by atoms with Gasteiger partial charge in [-0.3, -0.25) is 0 Å². The molecule has 2 rings (SSSR count). The Hall–Kier alpha value is -0.176. The molecule has 1 heterocycles. The van der Waals surface area contributed by atoms with Crippen LogP contribution in [-0.2, 0) is 32.7 Å². The standard InChI is InChI=1S/C14H13BrN.Y/c1-3-16-11(2)7-6-10-14(16)12-8-4-5-9-13(12)15;/h4-9H,2-3H2,1H3;/q-1;. The molecule has 0 N–H and O–H groups in total. The average Bonchev–Trinajstić information content (AvgIpc) is 2.29. The van der Waals surface area contributed by atoms with Crippen molar-refractivity contribution in [3.63, 3.8) is 0 Å². The van der Waals surface area contributed by atoms with E-state index < -0.39 is 0 Å². The number of likely N-dealkylation sites (N-methyl/N-ethyl adjacent to an activating group) is 1. The zero-order chi connectivity index (χ0) is 11.5. The van der Waals surface area contributed by atoms with Gasteiger partial charge < -0.3 is 4.90 Å². The molecule has 0 saturated heterocycles. The summed E-state index contributed by atoms with van der Waals surface area (Å²) in [5.41, 5.74) is 3.23. The Bertz CT molecular complexity index is 477. The van der Waals surface area contributed by atoms with Crippen LogP contribution in [0.25, 0.3) is 5.70 Å². The molecule has 0 fully saturated rings. The number of allylic oxidation sites excluding steroid dienone is 3. The first-order valence-electron chi connectivity index (χ1n) is 5.25. The molecule has 1 nitrogen and oxygen atoms in total. The van der Waals surface area contributed by atoms with Crippen LogP contribution in [0.3, 0.4) is 0 Å². The molecule has 17 heavy (non-hydrogen) atoms. The van der Waals surface area contributed by atoms with Crippen molar-refractivity contribution in [2.24, 2.45) is 0 Å². The molecule has 0 aromatic heterocycles. The summed E-state index contributed by atoms with van der Waals surface area (Å²) in [5.74, 6) is 0. The number of halogens is 1. The van der Waals surface area contributed by atoms with Gasteiger partial charge in [-0.2, -0.15) is 12.2 Å². The number of hydrogen-bond acceptors (Lipinski definition) is 1. The Morgan fingerprint density at radius 2 is 2.06 bits per heavy atom. The molecule has 1 aliphatic rings. The van der Waals surface area contributed by atoms with E-state index in [1.165, 1.54) is 0 Å². The third-order valence-corrected chi connectivity index (χ3v) is 3.25. The molecule has 85 valence electrons. The quantitative estimate of drug-likeness (QED) is 0.718. The fourth-order valence-corrected chi connectivity index (χ4v) is 2.24. The maximum Gasteiger partial charge on any atom is 0.0169 e. The van der Waals surface area contributed by atoms with Gasteiger partial charge in [0.1, 0.15) is 0 Å². The third kappa shape index (κ3) is 3.18. The molecule has 0 spiro atoms. The summed E-state index contributed by atoms with van der Waals surface area (Å²) in [6, 6.07) is 8.17. The Labute approximate surface area is 136 Å². The van der Waals surface area contributed by atoms with Crippen molar-refractivity contribution in [1.29, 1.82) is 0 Å². The molecule has 3 heteroatoms. The zero-order valence-electron chi connectivity index (χ0n) is 9.78. The van der Waals surface area contributed by atoms with Gasteiger partial charge in [-0.15, -0.1) is 12.1 Å². The minimum Gasteiger partial charge on any atom is -0.376 e. The van der Waals surface area contributed by atoms with Crippen LogP contribution in [0.5, 0.6) is 0 Å². The maximum atomic E-state index is 4.03. The maximum absolute atomic E-state index is 4.03. The first-order valence-corrected chi connectivity index (χ1v) is 6.04. The molecule has 0 aliphatic carbocycles. The van der Waals surface area contributed by atoms with E-state index in [1.807, 2.05) is 30.4 Å². The van der Waals surface area contributed by atoms with E-state index in [0.29, 0.717) is 0 Å². The number of benzene rings is 1. The summed E-state index contributed by atoms with van der Waals surface area (Å²) < 4.78 is 1.08. The van der Waals surface area contributed by atoms with Gasteiger partial charge in [0.25, 0.3) is 0 Å². The number of nitrogens with zero attached hydrogens (tertiary/aromatic N) is 1. The summed E-state index contributed by atoms with van der Waals surface area (Å²) in [7, 11) is 0. The first-order chi connectivity index (χ1) is 7.74. The van der Waals surface area contributed by atoms with Crippen molar-refractivity contribution < 1.29 is 32.7 Å². The topological polar surface area (TPSA) is 3.24 Å². The molecule has 0 saturated carbocycles. The van der Waals surface area contributed by atoms with Gasteiger partial charge in [0, 0.05) is 39.3 Å². The summed E-state index contributed by atoms with van der Waals surface area (Å²) in [6.45, 7) is 7.04. The van der Waals surface area contributed by atoms with Crippen LogP contribution in [0.2, 0.25) is 0 Å². The Balaban J connectivity index is 0.00000144. The third-order valence-electron chi connectivity index (χ3n) is 2.56. The Morgan fingerprint density at radius 3 is 2.71 bits per heavy atom. The molecule has 0 bridgehead atoms. The zero-order valence-corrected chi connectivity index (χ0v) is 14.2. The minimum atomic E-state index is 0. The molecule has 0 unspecified atom stereocenters. The van der Waals surface area contributed by atoms with Crippen LogP contribution in [0.1, 0.15) is 12.5 Å². The van der Waals surface area contributed by atoms with E-state index in [9.17, 15) is 0 Å². The van der Waals surface area contributed by atoms with E-state index in [2.05, 4.69) is 46.5 Å². The van der Waals surface area contributed by atoms with Crippen molar-refractivity contribution in [3.8, 4) is 0 Å². The summed E-state index contributed by atoms with van der Waals surface area (Å²) >= 11 is 3.57. The summed E-state index contributed by atoms with van der Waals surface area (Å²) in [4.78, 5) is 2.15. The van der Waals surface area contributed by atoms with Gasteiger partial charge in [-0.1, -0.05) is 52.0 Å². The Kier molecular flexibility index (Phi) is 5.84. The van der Waals surface area contributed by atoms with Crippen LogP contribution >= 0.6 is 15.9 Å². The van der Waals surface area contributed by atoms with Crippen molar-refractivity contribution in [2.75, 3.05) is 6.54 Å². The number of hydrogen-bond donors (Lipinski definition) is 0. The van der Waals surface area contributed by atoms with Gasteiger partial charge in [0.2, 0.25) is 0 Å². The van der Waals surface area contributed by atoms with Gasteiger partial charge >= 0.3 is 0 Å². The van der Waals surface area contributed by atoms with E-state index in [1.54, 1.807) is 0 Å². The summed E-state index contributed by atoms with van der Waals surface area (Å²) in [5, 5.41) is 0. The molecule has 0 amide bonds. The van der Waals surface area contributed by atoms with Crippen molar-refractivity contribution in [2.45, 2.75) is 6.92 Å². The van der Waals surface area contributed by atoms with E-state index >= 15 is 0 Å². The van der Waals surface area contributed by atoms with Gasteiger partial charge in [0.05, 0.1) is 0 Å². The molecule has 0 atom stereocenters. The fourth-order valence-electron chi connectivity index (χ4n) is 1.77. The molecule has 1 aliphatic heterocycles. The van der Waals surface area contributed by atoms with E-state index in [4.69, 9.17) is 0 Å².